The van der Waals surface area contributed by atoms with Crippen LogP contribution in [0.1, 0.15) is 38.5 Å². The number of Topliss-reactive ketones (excluding diaryl/α,β-unsaturated/α-hetero) is 1. The molecule has 2 bridgehead atoms. The molecule has 0 saturated carbocycles. The second-order valence-corrected chi connectivity index (χ2v) is 6.79. The Morgan fingerprint density at radius 1 is 1.17 bits per heavy atom. The first-order valence-corrected chi connectivity index (χ1v) is 8.69. The van der Waals surface area contributed by atoms with E-state index in [9.17, 15) is 4.79 Å². The molecule has 0 aromatic heterocycles. The van der Waals surface area contributed by atoms with Crippen LogP contribution in [0.2, 0.25) is 0 Å². The van der Waals surface area contributed by atoms with Crippen molar-refractivity contribution in [3.05, 3.63) is 24.3 Å². The van der Waals surface area contributed by atoms with Crippen molar-refractivity contribution in [2.75, 3.05) is 20.8 Å². The van der Waals surface area contributed by atoms with Gasteiger partial charge in [0.05, 0.1) is 13.7 Å². The van der Waals surface area contributed by atoms with Crippen molar-refractivity contribution in [1.82, 2.24) is 4.90 Å². The highest BCUT2D eigenvalue weighted by atomic mass is 16.5. The van der Waals surface area contributed by atoms with Gasteiger partial charge in [-0.1, -0.05) is 18.6 Å². The number of ether oxygens (including phenoxy) is 2. The fourth-order valence-corrected chi connectivity index (χ4v) is 4.08. The molecular formula is C19H27NO3. The molecule has 0 aliphatic carbocycles. The lowest BCUT2D eigenvalue weighted by Gasteiger charge is -2.46. The van der Waals surface area contributed by atoms with E-state index in [1.807, 2.05) is 24.3 Å². The van der Waals surface area contributed by atoms with Crippen LogP contribution < -0.4 is 9.47 Å². The van der Waals surface area contributed by atoms with Gasteiger partial charge >= 0.3 is 0 Å². The molecule has 0 N–H and O–H groups in total. The van der Waals surface area contributed by atoms with Gasteiger partial charge in [0, 0.05) is 24.4 Å². The molecule has 2 aliphatic rings. The van der Waals surface area contributed by atoms with Crippen LogP contribution in [0.3, 0.4) is 0 Å². The number of ketones is 1. The maximum Gasteiger partial charge on any atom is 0.161 e. The summed E-state index contributed by atoms with van der Waals surface area (Å²) in [5.41, 5.74) is 0. The average Bonchev–Trinajstić information content (AvgIpc) is 2.55. The predicted octanol–water partition coefficient (Wildman–Crippen LogP) is 3.30. The fourth-order valence-electron chi connectivity index (χ4n) is 4.08. The largest absolute Gasteiger partial charge is 0.493 e. The Kier molecular flexibility index (Phi) is 5.21. The number of rotatable bonds is 6. The molecule has 0 spiro atoms. The van der Waals surface area contributed by atoms with Crippen molar-refractivity contribution < 1.29 is 14.3 Å². The van der Waals surface area contributed by atoms with Crippen molar-refractivity contribution in [3.63, 3.8) is 0 Å². The number of fused-ring (bicyclic) bond motifs is 2. The van der Waals surface area contributed by atoms with Gasteiger partial charge in [-0.3, -0.25) is 4.79 Å². The van der Waals surface area contributed by atoms with Gasteiger partial charge in [0.25, 0.3) is 0 Å². The summed E-state index contributed by atoms with van der Waals surface area (Å²) in [6.45, 7) is 0.431. The summed E-state index contributed by atoms with van der Waals surface area (Å²) in [6.07, 6.45) is 6.35. The maximum absolute atomic E-state index is 12.6. The highest BCUT2D eigenvalue weighted by Crippen LogP contribution is 2.36. The van der Waals surface area contributed by atoms with Crippen LogP contribution in [0.15, 0.2) is 24.3 Å². The minimum Gasteiger partial charge on any atom is -0.493 e. The zero-order chi connectivity index (χ0) is 16.2. The molecule has 2 aliphatic heterocycles. The summed E-state index contributed by atoms with van der Waals surface area (Å²) < 4.78 is 11.0. The molecule has 2 atom stereocenters. The molecular weight excluding hydrogens is 290 g/mol. The summed E-state index contributed by atoms with van der Waals surface area (Å²) in [5.74, 6) is 2.02. The summed E-state index contributed by atoms with van der Waals surface area (Å²) in [4.78, 5) is 15.0. The van der Waals surface area contributed by atoms with Gasteiger partial charge in [0.2, 0.25) is 0 Å². The average molecular weight is 317 g/mol. The van der Waals surface area contributed by atoms with Gasteiger partial charge in [-0.05, 0) is 44.9 Å². The normalized spacial score (nSPS) is 27.5. The van der Waals surface area contributed by atoms with Crippen LogP contribution in [0.5, 0.6) is 11.5 Å². The monoisotopic (exact) mass is 317 g/mol. The van der Waals surface area contributed by atoms with E-state index in [2.05, 4.69) is 11.9 Å². The zero-order valence-corrected chi connectivity index (χ0v) is 14.2. The lowest BCUT2D eigenvalue weighted by molar-refractivity contribution is -0.127. The molecule has 2 heterocycles. The van der Waals surface area contributed by atoms with E-state index in [-0.39, 0.29) is 5.92 Å². The zero-order valence-electron chi connectivity index (χ0n) is 14.2. The molecule has 4 nitrogen and oxygen atoms in total. The van der Waals surface area contributed by atoms with Gasteiger partial charge in [-0.2, -0.15) is 0 Å². The number of benzene rings is 1. The molecule has 3 rings (SSSR count). The van der Waals surface area contributed by atoms with Crippen molar-refractivity contribution in [3.8, 4) is 11.5 Å². The Morgan fingerprint density at radius 2 is 1.83 bits per heavy atom. The molecule has 2 fully saturated rings. The first-order valence-electron chi connectivity index (χ1n) is 8.69. The van der Waals surface area contributed by atoms with Crippen LogP contribution >= 0.6 is 0 Å². The van der Waals surface area contributed by atoms with Crippen molar-refractivity contribution in [2.45, 2.75) is 50.6 Å². The molecule has 1 aromatic rings. The topological polar surface area (TPSA) is 38.8 Å². The number of hydrogen-bond donors (Lipinski definition) is 0. The summed E-state index contributed by atoms with van der Waals surface area (Å²) >= 11 is 0. The van der Waals surface area contributed by atoms with Gasteiger partial charge in [-0.25, -0.2) is 0 Å². The minimum absolute atomic E-state index is 0.225. The van der Waals surface area contributed by atoms with Crippen LogP contribution in [-0.2, 0) is 4.79 Å². The Hall–Kier alpha value is -1.55. The number of nitrogens with zero attached hydrogens (tertiary/aromatic N) is 1. The third-order valence-electron chi connectivity index (χ3n) is 5.47. The lowest BCUT2D eigenvalue weighted by Crippen LogP contribution is -2.51. The minimum atomic E-state index is 0.225. The highest BCUT2D eigenvalue weighted by molar-refractivity contribution is 5.81. The second-order valence-electron chi connectivity index (χ2n) is 6.79. The summed E-state index contributed by atoms with van der Waals surface area (Å²) in [6, 6.07) is 8.78. The van der Waals surface area contributed by atoms with Crippen molar-refractivity contribution in [1.29, 1.82) is 0 Å². The fraction of sp³-hybridized carbons (Fsp3) is 0.632. The van der Waals surface area contributed by atoms with E-state index < -0.39 is 0 Å². The predicted molar refractivity (Wildman–Crippen MR) is 90.0 cm³/mol. The van der Waals surface area contributed by atoms with Gasteiger partial charge in [0.15, 0.2) is 11.5 Å². The SMILES string of the molecule is COc1ccccc1OCCC(=O)C1CC2CCCC(C1)N2C. The summed E-state index contributed by atoms with van der Waals surface area (Å²) in [7, 11) is 3.85. The van der Waals surface area contributed by atoms with E-state index >= 15 is 0 Å². The van der Waals surface area contributed by atoms with Gasteiger partial charge in [-0.15, -0.1) is 0 Å². The molecule has 23 heavy (non-hydrogen) atoms. The third-order valence-corrected chi connectivity index (χ3v) is 5.47. The maximum atomic E-state index is 12.6. The molecule has 0 amide bonds. The van der Waals surface area contributed by atoms with E-state index in [1.165, 1.54) is 19.3 Å². The Morgan fingerprint density at radius 3 is 2.48 bits per heavy atom. The molecule has 2 unspecified atom stereocenters. The van der Waals surface area contributed by atoms with Gasteiger partial charge in [0.1, 0.15) is 5.78 Å². The number of carbonyl (C=O) groups is 1. The number of methoxy groups -OCH3 is 1. The first kappa shape index (κ1) is 16.3. The smallest absolute Gasteiger partial charge is 0.161 e. The molecule has 126 valence electrons. The molecule has 4 heteroatoms. The Labute approximate surface area is 138 Å². The molecule has 2 saturated heterocycles. The molecule has 0 radical (unpaired) electrons. The van der Waals surface area contributed by atoms with Crippen LogP contribution in [0.25, 0.3) is 0 Å². The first-order chi connectivity index (χ1) is 11.2. The van der Waals surface area contributed by atoms with E-state index in [4.69, 9.17) is 9.47 Å². The Balaban J connectivity index is 1.50. The van der Waals surface area contributed by atoms with Crippen LogP contribution in [0, 0.1) is 5.92 Å². The van der Waals surface area contributed by atoms with Crippen LogP contribution in [0.4, 0.5) is 0 Å². The third kappa shape index (κ3) is 3.69. The Bertz CT molecular complexity index is 531. The second kappa shape index (κ2) is 7.35. The van der Waals surface area contributed by atoms with E-state index in [1.54, 1.807) is 7.11 Å². The number of carbonyl (C=O) groups excluding carboxylic acids is 1. The molecule has 1 aromatic carbocycles. The van der Waals surface area contributed by atoms with Crippen LogP contribution in [-0.4, -0.2) is 43.5 Å². The number of hydrogen-bond acceptors (Lipinski definition) is 4. The highest BCUT2D eigenvalue weighted by Gasteiger charge is 2.38. The van der Waals surface area contributed by atoms with E-state index in [0.717, 1.165) is 12.8 Å². The standard InChI is InChI=1S/C19H27NO3/c1-20-15-6-5-7-16(20)13-14(12-15)17(21)10-11-23-19-9-4-3-8-18(19)22-2/h3-4,8-9,14-16H,5-7,10-13H2,1-2H3. The lowest BCUT2D eigenvalue weighted by atomic mass is 9.76. The number of piperidine rings is 2. The quantitative estimate of drug-likeness (QED) is 0.807. The van der Waals surface area contributed by atoms with Gasteiger partial charge < -0.3 is 14.4 Å². The number of para-hydroxylation sites is 2. The van der Waals surface area contributed by atoms with Crippen molar-refractivity contribution in [2.24, 2.45) is 5.92 Å². The summed E-state index contributed by atoms with van der Waals surface area (Å²) in [5, 5.41) is 0. The van der Waals surface area contributed by atoms with Crippen molar-refractivity contribution >= 4 is 5.78 Å². The van der Waals surface area contributed by atoms with E-state index in [0.29, 0.717) is 42.4 Å².